The molecule has 5 nitrogen and oxygen atoms in total. The molecule has 1 fully saturated rings. The number of hydrogen-bond donors (Lipinski definition) is 2. The quantitative estimate of drug-likeness (QED) is 0.884. The highest BCUT2D eigenvalue weighted by Crippen LogP contribution is 2.34. The van der Waals surface area contributed by atoms with E-state index in [4.69, 9.17) is 11.6 Å². The minimum atomic E-state index is 0.756. The molecule has 0 aliphatic carbocycles. The predicted octanol–water partition coefficient (Wildman–Crippen LogP) is 1.90. The maximum Gasteiger partial charge on any atom is 0.245 e. The van der Waals surface area contributed by atoms with Gasteiger partial charge in [-0.3, -0.25) is 5.10 Å². The third-order valence-corrected chi connectivity index (χ3v) is 4.69. The zero-order valence-electron chi connectivity index (χ0n) is 10.0. The third kappa shape index (κ3) is 2.11. The molecule has 7 heteroatoms. The van der Waals surface area contributed by atoms with Crippen molar-refractivity contribution < 1.29 is 0 Å². The second kappa shape index (κ2) is 4.87. The summed E-state index contributed by atoms with van der Waals surface area (Å²) in [4.78, 5) is 7.67. The Balaban J connectivity index is 1.87. The van der Waals surface area contributed by atoms with E-state index >= 15 is 0 Å². The Kier molecular flexibility index (Phi) is 3.23. The summed E-state index contributed by atoms with van der Waals surface area (Å²) in [5.74, 6) is 1.51. The van der Waals surface area contributed by atoms with Crippen LogP contribution >= 0.6 is 22.9 Å². The van der Waals surface area contributed by atoms with Gasteiger partial charge in [0.1, 0.15) is 0 Å². The zero-order chi connectivity index (χ0) is 12.5. The van der Waals surface area contributed by atoms with Crippen molar-refractivity contribution in [2.75, 3.05) is 31.1 Å². The zero-order valence-corrected chi connectivity index (χ0v) is 11.6. The van der Waals surface area contributed by atoms with E-state index in [0.29, 0.717) is 0 Å². The molecular formula is C11H14ClN5S. The highest BCUT2D eigenvalue weighted by Gasteiger charge is 2.17. The first-order valence-electron chi connectivity index (χ1n) is 5.88. The van der Waals surface area contributed by atoms with E-state index in [0.717, 1.165) is 53.4 Å². The second-order valence-corrected chi connectivity index (χ2v) is 5.54. The van der Waals surface area contributed by atoms with Gasteiger partial charge >= 0.3 is 0 Å². The van der Waals surface area contributed by atoms with E-state index in [1.165, 1.54) is 0 Å². The van der Waals surface area contributed by atoms with Gasteiger partial charge in [0.15, 0.2) is 5.82 Å². The van der Waals surface area contributed by atoms with Crippen LogP contribution in [-0.4, -0.2) is 41.4 Å². The lowest BCUT2D eigenvalue weighted by Gasteiger charge is -2.25. The molecule has 0 amide bonds. The molecular weight excluding hydrogens is 270 g/mol. The first-order valence-corrected chi connectivity index (χ1v) is 7.13. The van der Waals surface area contributed by atoms with Crippen molar-refractivity contribution in [2.24, 2.45) is 0 Å². The molecule has 1 aliphatic rings. The number of piperazine rings is 1. The highest BCUT2D eigenvalue weighted by atomic mass is 35.5. The summed E-state index contributed by atoms with van der Waals surface area (Å²) in [5.41, 5.74) is 1.08. The van der Waals surface area contributed by atoms with Gasteiger partial charge < -0.3 is 10.2 Å². The van der Waals surface area contributed by atoms with Gasteiger partial charge in [0.05, 0.1) is 9.90 Å². The predicted molar refractivity (Wildman–Crippen MR) is 74.5 cm³/mol. The smallest absolute Gasteiger partial charge is 0.245 e. The molecule has 2 N–H and O–H groups in total. The van der Waals surface area contributed by atoms with E-state index in [1.54, 1.807) is 11.3 Å². The van der Waals surface area contributed by atoms with E-state index in [9.17, 15) is 0 Å². The van der Waals surface area contributed by atoms with Gasteiger partial charge in [-0.05, 0) is 17.9 Å². The molecule has 3 rings (SSSR count). The molecule has 0 saturated carbocycles. The summed E-state index contributed by atoms with van der Waals surface area (Å²) < 4.78 is 0. The Bertz CT molecular complexity index is 543. The van der Waals surface area contributed by atoms with Crippen LogP contribution in [0.3, 0.4) is 0 Å². The monoisotopic (exact) mass is 283 g/mol. The molecule has 18 heavy (non-hydrogen) atoms. The number of rotatable bonds is 2. The van der Waals surface area contributed by atoms with Gasteiger partial charge in [0.25, 0.3) is 0 Å². The fourth-order valence-corrected chi connectivity index (χ4v) is 3.17. The number of aromatic nitrogens is 3. The van der Waals surface area contributed by atoms with Crippen LogP contribution in [0.5, 0.6) is 0 Å². The number of hydrogen-bond acceptors (Lipinski definition) is 5. The number of nitrogens with one attached hydrogen (secondary N) is 2. The van der Waals surface area contributed by atoms with Crippen LogP contribution in [0, 0.1) is 6.92 Å². The number of halogens is 1. The molecule has 0 radical (unpaired) electrons. The molecule has 3 heterocycles. The number of nitrogens with zero attached hydrogens (tertiary/aromatic N) is 3. The normalized spacial score (nSPS) is 16.2. The van der Waals surface area contributed by atoms with Gasteiger partial charge in [-0.15, -0.1) is 16.4 Å². The lowest BCUT2D eigenvalue weighted by molar-refractivity contribution is 0.580. The van der Waals surface area contributed by atoms with Crippen LogP contribution in [0.4, 0.5) is 5.95 Å². The average Bonchev–Trinajstić information content (AvgIpc) is 3.00. The molecule has 0 bridgehead atoms. The maximum atomic E-state index is 6.24. The molecule has 0 unspecified atom stereocenters. The lowest BCUT2D eigenvalue weighted by atomic mass is 10.3. The van der Waals surface area contributed by atoms with E-state index in [2.05, 4.69) is 25.4 Å². The topological polar surface area (TPSA) is 56.8 Å². The molecule has 2 aromatic heterocycles. The molecule has 2 aromatic rings. The van der Waals surface area contributed by atoms with Crippen LogP contribution in [0.1, 0.15) is 5.56 Å². The summed E-state index contributed by atoms with van der Waals surface area (Å²) in [6, 6.07) is 0. The minimum Gasteiger partial charge on any atom is -0.337 e. The number of H-pyrrole nitrogens is 1. The summed E-state index contributed by atoms with van der Waals surface area (Å²) in [7, 11) is 0. The van der Waals surface area contributed by atoms with Crippen molar-refractivity contribution in [3.05, 3.63) is 16.0 Å². The second-order valence-electron chi connectivity index (χ2n) is 4.28. The molecule has 0 aromatic carbocycles. The van der Waals surface area contributed by atoms with Crippen molar-refractivity contribution >= 4 is 28.9 Å². The maximum absolute atomic E-state index is 6.24. The van der Waals surface area contributed by atoms with Crippen molar-refractivity contribution in [1.82, 2.24) is 20.5 Å². The SMILES string of the molecule is Cc1csc(-c2nc(N3CCNCC3)n[nH]2)c1Cl. The Labute approximate surface area is 114 Å². The summed E-state index contributed by atoms with van der Waals surface area (Å²) in [6.45, 7) is 5.82. The Hall–Kier alpha value is -1.11. The van der Waals surface area contributed by atoms with Crippen molar-refractivity contribution in [2.45, 2.75) is 6.92 Å². The lowest BCUT2D eigenvalue weighted by Crippen LogP contribution is -2.44. The van der Waals surface area contributed by atoms with Crippen LogP contribution in [0.25, 0.3) is 10.7 Å². The van der Waals surface area contributed by atoms with Gasteiger partial charge in [-0.2, -0.15) is 4.98 Å². The largest absolute Gasteiger partial charge is 0.337 e. The molecule has 0 spiro atoms. The standard InChI is InChI=1S/C11H14ClN5S/c1-7-6-18-9(8(7)12)10-14-11(16-15-10)17-4-2-13-3-5-17/h6,13H,2-5H2,1H3,(H,14,15,16). The fourth-order valence-electron chi connectivity index (χ4n) is 1.95. The average molecular weight is 284 g/mol. The number of thiophene rings is 1. The van der Waals surface area contributed by atoms with E-state index < -0.39 is 0 Å². The minimum absolute atomic E-state index is 0.756. The Morgan fingerprint density at radius 2 is 2.17 bits per heavy atom. The van der Waals surface area contributed by atoms with Gasteiger partial charge in [-0.1, -0.05) is 11.6 Å². The van der Waals surface area contributed by atoms with Crippen molar-refractivity contribution in [1.29, 1.82) is 0 Å². The van der Waals surface area contributed by atoms with Crippen LogP contribution in [0.15, 0.2) is 5.38 Å². The van der Waals surface area contributed by atoms with Crippen molar-refractivity contribution in [3.8, 4) is 10.7 Å². The van der Waals surface area contributed by atoms with E-state index in [1.807, 2.05) is 12.3 Å². The molecule has 1 aliphatic heterocycles. The number of anilines is 1. The Morgan fingerprint density at radius 1 is 1.39 bits per heavy atom. The summed E-state index contributed by atoms with van der Waals surface area (Å²) in [6.07, 6.45) is 0. The van der Waals surface area contributed by atoms with Crippen LogP contribution in [0.2, 0.25) is 5.02 Å². The van der Waals surface area contributed by atoms with Crippen molar-refractivity contribution in [3.63, 3.8) is 0 Å². The number of aromatic amines is 1. The summed E-state index contributed by atoms with van der Waals surface area (Å²) in [5, 5.41) is 13.4. The van der Waals surface area contributed by atoms with Crippen LogP contribution < -0.4 is 10.2 Å². The van der Waals surface area contributed by atoms with Crippen LogP contribution in [-0.2, 0) is 0 Å². The first-order chi connectivity index (χ1) is 8.75. The number of aryl methyl sites for hydroxylation is 1. The molecule has 1 saturated heterocycles. The Morgan fingerprint density at radius 3 is 2.83 bits per heavy atom. The molecule has 96 valence electrons. The third-order valence-electron chi connectivity index (χ3n) is 2.99. The fraction of sp³-hybridized carbons (Fsp3) is 0.455. The van der Waals surface area contributed by atoms with E-state index in [-0.39, 0.29) is 0 Å². The highest BCUT2D eigenvalue weighted by molar-refractivity contribution is 7.14. The molecule has 0 atom stereocenters. The van der Waals surface area contributed by atoms with Gasteiger partial charge in [0.2, 0.25) is 5.95 Å². The summed E-state index contributed by atoms with van der Waals surface area (Å²) >= 11 is 7.83. The first kappa shape index (κ1) is 12.0. The van der Waals surface area contributed by atoms with Gasteiger partial charge in [0, 0.05) is 26.2 Å². The van der Waals surface area contributed by atoms with Gasteiger partial charge in [-0.25, -0.2) is 0 Å².